The highest BCUT2D eigenvalue weighted by Crippen LogP contribution is 2.60. The van der Waals surface area contributed by atoms with Gasteiger partial charge in [-0.2, -0.15) is 0 Å². The van der Waals surface area contributed by atoms with E-state index >= 15 is 0 Å². The fourth-order valence-electron chi connectivity index (χ4n) is 6.05. The third-order valence-electron chi connectivity index (χ3n) is 7.68. The maximum atomic E-state index is 13.0. The Labute approximate surface area is 187 Å². The van der Waals surface area contributed by atoms with Gasteiger partial charge in [0.25, 0.3) is 0 Å². The highest BCUT2D eigenvalue weighted by molar-refractivity contribution is 5.93. The number of rotatable bonds is 3. The minimum absolute atomic E-state index is 0.0478. The van der Waals surface area contributed by atoms with Gasteiger partial charge in [0.2, 0.25) is 12.1 Å². The highest BCUT2D eigenvalue weighted by atomic mass is 17.3. The summed E-state index contributed by atoms with van der Waals surface area (Å²) < 4.78 is 23.6. The van der Waals surface area contributed by atoms with Crippen LogP contribution >= 0.6 is 0 Å². The van der Waals surface area contributed by atoms with Crippen LogP contribution in [-0.4, -0.2) is 35.9 Å². The van der Waals surface area contributed by atoms with Gasteiger partial charge in [-0.1, -0.05) is 26.0 Å². The normalized spacial score (nSPS) is 42.5. The zero-order valence-electron chi connectivity index (χ0n) is 18.9. The first-order valence-corrected chi connectivity index (χ1v) is 11.4. The van der Waals surface area contributed by atoms with E-state index in [1.807, 2.05) is 13.8 Å². The van der Waals surface area contributed by atoms with Gasteiger partial charge in [0.15, 0.2) is 11.9 Å². The topological polar surface area (TPSA) is 89.5 Å². The first kappa shape index (κ1) is 21.8. The van der Waals surface area contributed by atoms with Crippen LogP contribution in [0, 0.1) is 23.7 Å². The number of benzene rings is 1. The summed E-state index contributed by atoms with van der Waals surface area (Å²) in [6.07, 6.45) is 2.09. The third kappa shape index (κ3) is 3.36. The number of carbonyl (C=O) groups excluding carboxylic acids is 2. The molecule has 0 amide bonds. The Kier molecular flexibility index (Phi) is 5.32. The fraction of sp³-hybridized carbons (Fsp3) is 0.667. The highest BCUT2D eigenvalue weighted by Gasteiger charge is 2.69. The smallest absolute Gasteiger partial charge is 0.344 e. The molecule has 174 valence electrons. The van der Waals surface area contributed by atoms with E-state index in [4.69, 9.17) is 28.7 Å². The van der Waals surface area contributed by atoms with Crippen molar-refractivity contribution in [1.82, 2.24) is 0 Å². The summed E-state index contributed by atoms with van der Waals surface area (Å²) in [6.45, 7) is 7.41. The van der Waals surface area contributed by atoms with Crippen LogP contribution in [0.1, 0.15) is 63.7 Å². The summed E-state index contributed by atoms with van der Waals surface area (Å²) in [7, 11) is 0. The average Bonchev–Trinajstić information content (AvgIpc) is 2.97. The number of hydrogen-bond donors (Lipinski definition) is 0. The van der Waals surface area contributed by atoms with E-state index < -0.39 is 35.9 Å². The molecule has 4 aliphatic heterocycles. The van der Waals surface area contributed by atoms with Crippen molar-refractivity contribution >= 4 is 11.9 Å². The molecule has 4 heterocycles. The predicted molar refractivity (Wildman–Crippen MR) is 110 cm³/mol. The minimum Gasteiger partial charge on any atom is -0.432 e. The van der Waals surface area contributed by atoms with Crippen LogP contribution in [0.2, 0.25) is 0 Å². The van der Waals surface area contributed by atoms with Crippen molar-refractivity contribution in [2.24, 2.45) is 23.7 Å². The quantitative estimate of drug-likeness (QED) is 0.391. The van der Waals surface area contributed by atoms with E-state index in [1.165, 1.54) is 6.92 Å². The molecule has 4 unspecified atom stereocenters. The molecule has 1 aliphatic carbocycles. The van der Waals surface area contributed by atoms with Crippen molar-refractivity contribution < 1.29 is 38.3 Å². The second kappa shape index (κ2) is 7.80. The van der Waals surface area contributed by atoms with Gasteiger partial charge >= 0.3 is 11.9 Å². The van der Waals surface area contributed by atoms with Gasteiger partial charge in [-0.15, -0.1) is 0 Å². The third-order valence-corrected chi connectivity index (χ3v) is 7.68. The maximum absolute atomic E-state index is 13.0. The molecule has 5 fully saturated rings. The molecule has 1 aromatic rings. The lowest BCUT2D eigenvalue weighted by atomic mass is 9.58. The van der Waals surface area contributed by atoms with Gasteiger partial charge in [-0.3, -0.25) is 4.79 Å². The number of carbonyl (C=O) groups is 2. The van der Waals surface area contributed by atoms with E-state index in [9.17, 15) is 9.59 Å². The van der Waals surface area contributed by atoms with Crippen LogP contribution in [0.15, 0.2) is 24.3 Å². The lowest BCUT2D eigenvalue weighted by molar-refractivity contribution is -0.576. The molecule has 4 saturated heterocycles. The molecule has 32 heavy (non-hydrogen) atoms. The molecule has 0 N–H and O–H groups in total. The van der Waals surface area contributed by atoms with E-state index in [-0.39, 0.29) is 29.1 Å². The van der Waals surface area contributed by atoms with Crippen molar-refractivity contribution in [3.8, 4) is 5.75 Å². The van der Waals surface area contributed by atoms with Crippen molar-refractivity contribution in [3.05, 3.63) is 29.8 Å². The summed E-state index contributed by atoms with van der Waals surface area (Å²) in [5, 5.41) is 0. The van der Waals surface area contributed by atoms with Crippen LogP contribution in [0.5, 0.6) is 5.75 Å². The summed E-state index contributed by atoms with van der Waals surface area (Å²) in [6, 6.07) is 6.51. The molecule has 8 atom stereocenters. The molecule has 8 nitrogen and oxygen atoms in total. The Hall–Kier alpha value is -2.00. The lowest BCUT2D eigenvalue weighted by Gasteiger charge is -2.59. The number of esters is 2. The standard InChI is InChI=1S/C24H30O8/c1-13-9-10-18-14(2)21(28-20(26)16-7-5-6-8-19(16)27-15(3)25)29-22-24(18)17(13)11-12-23(4,30-22)31-32-24/h5-8,13-14,17-18,21-22H,9-12H2,1-4H3/t13-,14-,17?,18?,21?,22-,23?,24-/m1/s1. The molecule has 6 rings (SSSR count). The fourth-order valence-corrected chi connectivity index (χ4v) is 6.05. The molecule has 2 bridgehead atoms. The van der Waals surface area contributed by atoms with E-state index in [2.05, 4.69) is 6.92 Å². The van der Waals surface area contributed by atoms with Crippen molar-refractivity contribution in [2.45, 2.75) is 77.3 Å². The molecule has 1 saturated carbocycles. The summed E-state index contributed by atoms with van der Waals surface area (Å²) >= 11 is 0. The van der Waals surface area contributed by atoms with Gasteiger partial charge < -0.3 is 18.9 Å². The zero-order valence-corrected chi connectivity index (χ0v) is 18.9. The Balaban J connectivity index is 1.43. The molecule has 0 aromatic heterocycles. The number of fused-ring (bicyclic) bond motifs is 2. The Bertz CT molecular complexity index is 917. The average molecular weight is 446 g/mol. The number of ether oxygens (including phenoxy) is 4. The van der Waals surface area contributed by atoms with Crippen molar-refractivity contribution in [1.29, 1.82) is 0 Å². The van der Waals surface area contributed by atoms with Gasteiger partial charge in [0.05, 0.1) is 0 Å². The van der Waals surface area contributed by atoms with Gasteiger partial charge in [0, 0.05) is 25.2 Å². The van der Waals surface area contributed by atoms with E-state index in [1.54, 1.807) is 24.3 Å². The van der Waals surface area contributed by atoms with Crippen LogP contribution < -0.4 is 4.74 Å². The largest absolute Gasteiger partial charge is 0.432 e. The monoisotopic (exact) mass is 446 g/mol. The number of para-hydroxylation sites is 1. The first-order valence-electron chi connectivity index (χ1n) is 11.4. The summed E-state index contributed by atoms with van der Waals surface area (Å²) in [5.41, 5.74) is -0.546. The van der Waals surface area contributed by atoms with Crippen molar-refractivity contribution in [3.63, 3.8) is 0 Å². The van der Waals surface area contributed by atoms with Crippen LogP contribution in [0.4, 0.5) is 0 Å². The molecule has 1 spiro atoms. The predicted octanol–water partition coefficient (Wildman–Crippen LogP) is 3.98. The van der Waals surface area contributed by atoms with Gasteiger partial charge in [-0.25, -0.2) is 14.6 Å². The van der Waals surface area contributed by atoms with E-state index in [0.29, 0.717) is 12.3 Å². The Morgan fingerprint density at radius 1 is 1.06 bits per heavy atom. The molecule has 1 aromatic carbocycles. The van der Waals surface area contributed by atoms with Crippen LogP contribution in [0.25, 0.3) is 0 Å². The SMILES string of the molecule is CC(=O)Oc1ccccc1C(=O)OC1O[C@@H]2OC3(C)CCC4[C@H](C)CCC([C@H]1C)[C@]42OO3. The summed E-state index contributed by atoms with van der Waals surface area (Å²) in [5.74, 6) is -1.26. The second-order valence-electron chi connectivity index (χ2n) is 9.77. The zero-order chi connectivity index (χ0) is 22.7. The van der Waals surface area contributed by atoms with Crippen molar-refractivity contribution in [2.75, 3.05) is 0 Å². The maximum Gasteiger partial charge on any atom is 0.344 e. The molecular formula is C24H30O8. The molecular weight excluding hydrogens is 416 g/mol. The van der Waals surface area contributed by atoms with Crippen LogP contribution in [-0.2, 0) is 28.8 Å². The van der Waals surface area contributed by atoms with Crippen LogP contribution in [0.3, 0.4) is 0 Å². The minimum atomic E-state index is -0.894. The van der Waals surface area contributed by atoms with Gasteiger partial charge in [0.1, 0.15) is 11.3 Å². The molecule has 8 heteroatoms. The van der Waals surface area contributed by atoms with Gasteiger partial charge in [-0.05, 0) is 50.2 Å². The second-order valence-corrected chi connectivity index (χ2v) is 9.77. The summed E-state index contributed by atoms with van der Waals surface area (Å²) in [4.78, 5) is 36.4. The Morgan fingerprint density at radius 3 is 2.62 bits per heavy atom. The molecule has 0 radical (unpaired) electrons. The molecule has 5 aliphatic rings. The first-order chi connectivity index (χ1) is 15.2. The Morgan fingerprint density at radius 2 is 1.84 bits per heavy atom. The number of hydrogen-bond acceptors (Lipinski definition) is 8. The van der Waals surface area contributed by atoms with E-state index in [0.717, 1.165) is 19.3 Å². The lowest BCUT2D eigenvalue weighted by Crippen LogP contribution is -2.70.